The largest absolute Gasteiger partial charge is 0.493 e. The normalized spacial score (nSPS) is 12.1. The Morgan fingerprint density at radius 1 is 1.36 bits per heavy atom. The molecule has 0 saturated carbocycles. The molecule has 0 aliphatic carbocycles. The van der Waals surface area contributed by atoms with Crippen molar-refractivity contribution in [3.63, 3.8) is 0 Å². The van der Waals surface area contributed by atoms with E-state index >= 15 is 0 Å². The zero-order chi connectivity index (χ0) is 10.9. The number of aromatic hydroxyl groups is 1. The van der Waals surface area contributed by atoms with Crippen molar-refractivity contribution in [3.05, 3.63) is 23.4 Å². The van der Waals surface area contributed by atoms with Gasteiger partial charge in [-0.25, -0.2) is 4.98 Å². The zero-order valence-electron chi connectivity index (χ0n) is 7.76. The maximum Gasteiger partial charge on any atom is 0.421 e. The van der Waals surface area contributed by atoms with Gasteiger partial charge in [0.05, 0.1) is 0 Å². The molecule has 1 aromatic rings. The SMILES string of the molecule is CC(C)c1cnc(O)c(C(F)(F)F)c1. The smallest absolute Gasteiger partial charge is 0.421 e. The lowest BCUT2D eigenvalue weighted by atomic mass is 10.0. The van der Waals surface area contributed by atoms with Crippen molar-refractivity contribution in [2.75, 3.05) is 0 Å². The van der Waals surface area contributed by atoms with E-state index in [9.17, 15) is 13.2 Å². The molecule has 1 aromatic heterocycles. The Balaban J connectivity index is 3.22. The lowest BCUT2D eigenvalue weighted by Gasteiger charge is -2.11. The quantitative estimate of drug-likeness (QED) is 0.764. The van der Waals surface area contributed by atoms with Crippen molar-refractivity contribution in [2.24, 2.45) is 0 Å². The first-order valence-electron chi connectivity index (χ1n) is 4.08. The average molecular weight is 205 g/mol. The second-order valence-corrected chi connectivity index (χ2v) is 3.29. The molecular formula is C9H10F3NO. The van der Waals surface area contributed by atoms with Crippen LogP contribution >= 0.6 is 0 Å². The van der Waals surface area contributed by atoms with E-state index in [2.05, 4.69) is 4.98 Å². The first-order chi connectivity index (χ1) is 6.32. The first kappa shape index (κ1) is 10.8. The fourth-order valence-corrected chi connectivity index (χ4v) is 0.998. The van der Waals surface area contributed by atoms with Crippen LogP contribution in [0.3, 0.4) is 0 Å². The highest BCUT2D eigenvalue weighted by molar-refractivity contribution is 5.32. The summed E-state index contributed by atoms with van der Waals surface area (Å²) >= 11 is 0. The van der Waals surface area contributed by atoms with E-state index in [1.54, 1.807) is 13.8 Å². The van der Waals surface area contributed by atoms with Crippen LogP contribution in [0.1, 0.15) is 30.9 Å². The summed E-state index contributed by atoms with van der Waals surface area (Å²) in [5.41, 5.74) is -0.626. The minimum absolute atomic E-state index is 0.0517. The van der Waals surface area contributed by atoms with Gasteiger partial charge in [-0.2, -0.15) is 13.2 Å². The first-order valence-corrected chi connectivity index (χ1v) is 4.08. The Labute approximate surface area is 79.4 Å². The molecule has 0 fully saturated rings. The maximum absolute atomic E-state index is 12.3. The van der Waals surface area contributed by atoms with Gasteiger partial charge in [-0.05, 0) is 17.5 Å². The van der Waals surface area contributed by atoms with Gasteiger partial charge in [-0.1, -0.05) is 13.8 Å². The van der Waals surface area contributed by atoms with E-state index < -0.39 is 17.6 Å². The molecule has 1 N–H and O–H groups in total. The minimum Gasteiger partial charge on any atom is -0.493 e. The number of alkyl halides is 3. The van der Waals surface area contributed by atoms with Gasteiger partial charge in [-0.15, -0.1) is 0 Å². The van der Waals surface area contributed by atoms with Gasteiger partial charge in [0.1, 0.15) is 5.56 Å². The van der Waals surface area contributed by atoms with Gasteiger partial charge in [0, 0.05) is 6.20 Å². The summed E-state index contributed by atoms with van der Waals surface area (Å²) in [6, 6.07) is 0.924. The molecule has 0 amide bonds. The lowest BCUT2D eigenvalue weighted by molar-refractivity contribution is -0.139. The summed E-state index contributed by atoms with van der Waals surface area (Å²) in [7, 11) is 0. The number of halogens is 3. The van der Waals surface area contributed by atoms with Crippen LogP contribution in [0.4, 0.5) is 13.2 Å². The number of aromatic nitrogens is 1. The predicted molar refractivity (Wildman–Crippen MR) is 45.0 cm³/mol. The highest BCUT2D eigenvalue weighted by atomic mass is 19.4. The number of hydrogen-bond donors (Lipinski definition) is 1. The molecule has 0 spiro atoms. The van der Waals surface area contributed by atoms with Crippen molar-refractivity contribution in [2.45, 2.75) is 25.9 Å². The topological polar surface area (TPSA) is 33.1 Å². The third-order valence-corrected chi connectivity index (χ3v) is 1.86. The molecule has 5 heteroatoms. The van der Waals surface area contributed by atoms with Gasteiger partial charge in [0.15, 0.2) is 0 Å². The Bertz CT molecular complexity index is 333. The molecule has 1 rings (SSSR count). The third-order valence-electron chi connectivity index (χ3n) is 1.86. The van der Waals surface area contributed by atoms with Gasteiger partial charge >= 0.3 is 6.18 Å². The van der Waals surface area contributed by atoms with E-state index in [-0.39, 0.29) is 5.92 Å². The van der Waals surface area contributed by atoms with Gasteiger partial charge in [0.25, 0.3) is 0 Å². The van der Waals surface area contributed by atoms with Gasteiger partial charge in [0.2, 0.25) is 5.88 Å². The monoisotopic (exact) mass is 205 g/mol. The second kappa shape index (κ2) is 3.48. The Morgan fingerprint density at radius 3 is 2.36 bits per heavy atom. The van der Waals surface area contributed by atoms with E-state index in [0.29, 0.717) is 5.56 Å². The number of hydrogen-bond acceptors (Lipinski definition) is 2. The molecule has 0 atom stereocenters. The summed E-state index contributed by atoms with van der Waals surface area (Å²) in [5.74, 6) is -1.02. The Hall–Kier alpha value is -1.26. The maximum atomic E-state index is 12.3. The van der Waals surface area contributed by atoms with Crippen molar-refractivity contribution in [3.8, 4) is 5.88 Å². The number of nitrogens with zero attached hydrogens (tertiary/aromatic N) is 1. The molecule has 0 aliphatic heterocycles. The van der Waals surface area contributed by atoms with Crippen LogP contribution in [-0.2, 0) is 6.18 Å². The van der Waals surface area contributed by atoms with Crippen molar-refractivity contribution in [1.82, 2.24) is 4.98 Å². The average Bonchev–Trinajstić information content (AvgIpc) is 2.02. The lowest BCUT2D eigenvalue weighted by Crippen LogP contribution is -2.07. The highest BCUT2D eigenvalue weighted by Gasteiger charge is 2.35. The number of rotatable bonds is 1. The molecule has 0 radical (unpaired) electrons. The minimum atomic E-state index is -4.55. The highest BCUT2D eigenvalue weighted by Crippen LogP contribution is 2.35. The zero-order valence-corrected chi connectivity index (χ0v) is 7.76. The van der Waals surface area contributed by atoms with Crippen LogP contribution in [0.15, 0.2) is 12.3 Å². The molecule has 78 valence electrons. The van der Waals surface area contributed by atoms with E-state index in [0.717, 1.165) is 6.07 Å². The van der Waals surface area contributed by atoms with Crippen LogP contribution in [0, 0.1) is 0 Å². The standard InChI is InChI=1S/C9H10F3NO/c1-5(2)6-3-7(9(10,11)12)8(14)13-4-6/h3-5H,1-2H3,(H,13,14). The Morgan fingerprint density at radius 2 is 1.93 bits per heavy atom. The molecule has 1 heterocycles. The van der Waals surface area contributed by atoms with Gasteiger partial charge < -0.3 is 5.11 Å². The van der Waals surface area contributed by atoms with Crippen LogP contribution < -0.4 is 0 Å². The molecule has 2 nitrogen and oxygen atoms in total. The molecule has 0 saturated heterocycles. The summed E-state index contributed by atoms with van der Waals surface area (Å²) in [5, 5.41) is 8.92. The molecule has 0 unspecified atom stereocenters. The molecule has 0 aromatic carbocycles. The van der Waals surface area contributed by atoms with Crippen LogP contribution in [0.25, 0.3) is 0 Å². The van der Waals surface area contributed by atoms with E-state index in [1.807, 2.05) is 0 Å². The summed E-state index contributed by atoms with van der Waals surface area (Å²) < 4.78 is 36.9. The molecule has 0 bridgehead atoms. The van der Waals surface area contributed by atoms with Crippen LogP contribution in [0.5, 0.6) is 5.88 Å². The summed E-state index contributed by atoms with van der Waals surface area (Å²) in [6.07, 6.45) is -3.31. The fourth-order valence-electron chi connectivity index (χ4n) is 0.998. The van der Waals surface area contributed by atoms with Crippen LogP contribution in [-0.4, -0.2) is 10.1 Å². The van der Waals surface area contributed by atoms with Crippen molar-refractivity contribution >= 4 is 0 Å². The van der Waals surface area contributed by atoms with E-state index in [1.165, 1.54) is 6.20 Å². The Kier molecular flexibility index (Phi) is 2.69. The summed E-state index contributed by atoms with van der Waals surface area (Å²) in [6.45, 7) is 3.52. The summed E-state index contributed by atoms with van der Waals surface area (Å²) in [4.78, 5) is 3.30. The van der Waals surface area contributed by atoms with E-state index in [4.69, 9.17) is 5.11 Å². The second-order valence-electron chi connectivity index (χ2n) is 3.29. The van der Waals surface area contributed by atoms with Crippen molar-refractivity contribution < 1.29 is 18.3 Å². The fraction of sp³-hybridized carbons (Fsp3) is 0.444. The third kappa shape index (κ3) is 2.16. The molecule has 14 heavy (non-hydrogen) atoms. The molecule has 0 aliphatic rings. The number of pyridine rings is 1. The molecular weight excluding hydrogens is 195 g/mol. The van der Waals surface area contributed by atoms with Crippen molar-refractivity contribution in [1.29, 1.82) is 0 Å². The van der Waals surface area contributed by atoms with Gasteiger partial charge in [-0.3, -0.25) is 0 Å². The predicted octanol–water partition coefficient (Wildman–Crippen LogP) is 2.93. The van der Waals surface area contributed by atoms with Crippen LogP contribution in [0.2, 0.25) is 0 Å².